The van der Waals surface area contributed by atoms with E-state index in [1.807, 2.05) is 6.07 Å². The summed E-state index contributed by atoms with van der Waals surface area (Å²) in [7, 11) is 0. The highest BCUT2D eigenvalue weighted by Gasteiger charge is 2.51. The summed E-state index contributed by atoms with van der Waals surface area (Å²) in [5.74, 6) is 0. The van der Waals surface area contributed by atoms with Gasteiger partial charge in [0.05, 0.1) is 5.41 Å². The van der Waals surface area contributed by atoms with E-state index >= 15 is 0 Å². The molecule has 2 aliphatic rings. The van der Waals surface area contributed by atoms with Crippen LogP contribution in [0.5, 0.6) is 0 Å². The Hall–Kier alpha value is -6.50. The minimum atomic E-state index is -0.337. The molecule has 1 spiro atoms. The molecule has 0 saturated heterocycles. The number of benzene rings is 8. The first-order valence-corrected chi connectivity index (χ1v) is 18.9. The Morgan fingerprint density at radius 1 is 0.370 bits per heavy atom. The van der Waals surface area contributed by atoms with Gasteiger partial charge in [-0.2, -0.15) is 0 Å². The summed E-state index contributed by atoms with van der Waals surface area (Å²) >= 11 is 0. The van der Waals surface area contributed by atoms with Crippen LogP contribution in [0.25, 0.3) is 50.1 Å². The highest BCUT2D eigenvalue weighted by molar-refractivity contribution is 5.96. The molecular formula is C54H42. The Morgan fingerprint density at radius 2 is 0.778 bits per heavy atom. The Balaban J connectivity index is 0.000000250. The maximum atomic E-state index is 4.70. The lowest BCUT2D eigenvalue weighted by Gasteiger charge is -2.30. The first kappa shape index (κ1) is 33.3. The van der Waals surface area contributed by atoms with Gasteiger partial charge in [0.2, 0.25) is 0 Å². The SMILES string of the molecule is C=C(c1ccc2c(c1)C1(c3ccccc3-c3ccccc31)c1ccccc1-2)c1c(C)cc(-c2ccccc2)cc1C.Cc1ccc(-c2ccccc2)cc1. The number of fused-ring (bicyclic) bond motifs is 10. The lowest BCUT2D eigenvalue weighted by molar-refractivity contribution is 0.793. The molecule has 0 heterocycles. The predicted molar refractivity (Wildman–Crippen MR) is 229 cm³/mol. The average Bonchev–Trinajstić information content (AvgIpc) is 3.69. The maximum absolute atomic E-state index is 4.70. The molecule has 0 N–H and O–H groups in total. The average molecular weight is 691 g/mol. The minimum absolute atomic E-state index is 0.337. The molecule has 0 atom stereocenters. The van der Waals surface area contributed by atoms with Gasteiger partial charge >= 0.3 is 0 Å². The molecule has 8 aromatic carbocycles. The van der Waals surface area contributed by atoms with Crippen molar-refractivity contribution in [2.45, 2.75) is 26.2 Å². The number of rotatable bonds is 4. The molecule has 0 radical (unpaired) electrons. The van der Waals surface area contributed by atoms with Crippen molar-refractivity contribution in [3.63, 3.8) is 0 Å². The van der Waals surface area contributed by atoms with Gasteiger partial charge in [0.1, 0.15) is 0 Å². The number of aryl methyl sites for hydroxylation is 3. The smallest absolute Gasteiger partial charge is 0.0725 e. The fourth-order valence-corrected chi connectivity index (χ4v) is 9.04. The molecule has 0 heteroatoms. The molecule has 0 aromatic heterocycles. The second-order valence-corrected chi connectivity index (χ2v) is 14.7. The zero-order valence-electron chi connectivity index (χ0n) is 31.1. The van der Waals surface area contributed by atoms with Gasteiger partial charge in [0.15, 0.2) is 0 Å². The molecule has 0 aliphatic heterocycles. The Kier molecular flexibility index (Phi) is 8.32. The van der Waals surface area contributed by atoms with E-state index in [0.717, 1.165) is 5.57 Å². The van der Waals surface area contributed by atoms with Crippen molar-refractivity contribution >= 4 is 5.57 Å². The van der Waals surface area contributed by atoms with Crippen molar-refractivity contribution in [2.24, 2.45) is 0 Å². The predicted octanol–water partition coefficient (Wildman–Crippen LogP) is 14.0. The molecule has 0 nitrogen and oxygen atoms in total. The van der Waals surface area contributed by atoms with Crippen LogP contribution in [0.1, 0.15) is 50.1 Å². The molecule has 0 fully saturated rings. The third-order valence-corrected chi connectivity index (χ3v) is 11.4. The Labute approximate surface area is 319 Å². The van der Waals surface area contributed by atoms with E-state index in [0.29, 0.717) is 0 Å². The van der Waals surface area contributed by atoms with Crippen molar-refractivity contribution < 1.29 is 0 Å². The molecule has 8 aromatic rings. The van der Waals surface area contributed by atoms with Crippen LogP contribution in [0.15, 0.2) is 195 Å². The van der Waals surface area contributed by atoms with Gasteiger partial charge in [-0.3, -0.25) is 0 Å². The summed E-state index contributed by atoms with van der Waals surface area (Å²) < 4.78 is 0. The van der Waals surface area contributed by atoms with Gasteiger partial charge in [-0.1, -0.05) is 194 Å². The molecule has 0 saturated carbocycles. The van der Waals surface area contributed by atoms with Gasteiger partial charge < -0.3 is 0 Å². The summed E-state index contributed by atoms with van der Waals surface area (Å²) in [6.45, 7) is 11.2. The quantitative estimate of drug-likeness (QED) is 0.172. The van der Waals surface area contributed by atoms with Crippen molar-refractivity contribution in [1.82, 2.24) is 0 Å². The Bertz CT molecular complexity index is 2590. The molecule has 258 valence electrons. The number of hydrogen-bond donors (Lipinski definition) is 0. The standard InChI is InChI=1S/C41H30.C13H12/c1-26-23-31(29-13-5-4-6-14-29)24-27(2)40(26)28(3)30-21-22-35-34-17-9-12-20-38(34)41(39(35)25-30)36-18-10-7-15-32(36)33-16-8-11-19-37(33)41;1-11-7-9-13(10-8-11)12-5-3-2-4-6-12/h4-25H,3H2,1-2H3;2-10H,1H3. The van der Waals surface area contributed by atoms with Crippen LogP contribution in [0.4, 0.5) is 0 Å². The van der Waals surface area contributed by atoms with E-state index in [1.54, 1.807) is 0 Å². The highest BCUT2D eigenvalue weighted by Crippen LogP contribution is 2.62. The van der Waals surface area contributed by atoms with Crippen molar-refractivity contribution in [3.05, 3.63) is 245 Å². The van der Waals surface area contributed by atoms with Gasteiger partial charge in [-0.15, -0.1) is 0 Å². The first-order chi connectivity index (χ1) is 26.4. The van der Waals surface area contributed by atoms with E-state index < -0.39 is 0 Å². The van der Waals surface area contributed by atoms with Crippen molar-refractivity contribution in [2.75, 3.05) is 0 Å². The van der Waals surface area contributed by atoms with E-state index in [4.69, 9.17) is 6.58 Å². The molecule has 0 amide bonds. The fraction of sp³-hybridized carbons (Fsp3) is 0.0741. The summed E-state index contributed by atoms with van der Waals surface area (Å²) in [5, 5.41) is 0. The molecular weight excluding hydrogens is 649 g/mol. The van der Waals surface area contributed by atoms with E-state index in [-0.39, 0.29) is 5.41 Å². The molecule has 2 aliphatic carbocycles. The fourth-order valence-electron chi connectivity index (χ4n) is 9.04. The van der Waals surface area contributed by atoms with Crippen LogP contribution in [0.2, 0.25) is 0 Å². The lowest BCUT2D eigenvalue weighted by atomic mass is 9.70. The third kappa shape index (κ3) is 5.37. The topological polar surface area (TPSA) is 0 Å². The van der Waals surface area contributed by atoms with E-state index in [1.165, 1.54) is 94.6 Å². The zero-order valence-corrected chi connectivity index (χ0v) is 31.1. The second-order valence-electron chi connectivity index (χ2n) is 14.7. The minimum Gasteiger partial charge on any atom is -0.0905 e. The summed E-state index contributed by atoms with van der Waals surface area (Å²) in [6.07, 6.45) is 0. The first-order valence-electron chi connectivity index (χ1n) is 18.9. The number of hydrogen-bond acceptors (Lipinski definition) is 0. The molecule has 10 rings (SSSR count). The van der Waals surface area contributed by atoms with Crippen LogP contribution in [0.3, 0.4) is 0 Å². The summed E-state index contributed by atoms with van der Waals surface area (Å²) in [5.41, 5.74) is 22.8. The van der Waals surface area contributed by atoms with Gasteiger partial charge in [-0.25, -0.2) is 0 Å². The lowest BCUT2D eigenvalue weighted by Crippen LogP contribution is -2.25. The van der Waals surface area contributed by atoms with E-state index in [9.17, 15) is 0 Å². The van der Waals surface area contributed by atoms with E-state index in [2.05, 4.69) is 203 Å². The van der Waals surface area contributed by atoms with Crippen molar-refractivity contribution in [1.29, 1.82) is 0 Å². The van der Waals surface area contributed by atoms with Gasteiger partial charge in [0, 0.05) is 0 Å². The molecule has 0 bridgehead atoms. The summed E-state index contributed by atoms with van der Waals surface area (Å²) in [4.78, 5) is 0. The van der Waals surface area contributed by atoms with Gasteiger partial charge in [-0.05, 0) is 121 Å². The van der Waals surface area contributed by atoms with Crippen LogP contribution < -0.4 is 0 Å². The van der Waals surface area contributed by atoms with Crippen LogP contribution in [0, 0.1) is 20.8 Å². The van der Waals surface area contributed by atoms with Crippen LogP contribution >= 0.6 is 0 Å². The van der Waals surface area contributed by atoms with Crippen LogP contribution in [-0.4, -0.2) is 0 Å². The van der Waals surface area contributed by atoms with Crippen LogP contribution in [-0.2, 0) is 5.41 Å². The molecule has 54 heavy (non-hydrogen) atoms. The second kappa shape index (κ2) is 13.5. The Morgan fingerprint density at radius 3 is 1.28 bits per heavy atom. The molecule has 0 unspecified atom stereocenters. The summed E-state index contributed by atoms with van der Waals surface area (Å²) in [6, 6.07) is 68.2. The highest BCUT2D eigenvalue weighted by atomic mass is 14.5. The largest absolute Gasteiger partial charge is 0.0905 e. The monoisotopic (exact) mass is 690 g/mol. The maximum Gasteiger partial charge on any atom is 0.0725 e. The van der Waals surface area contributed by atoms with Gasteiger partial charge in [0.25, 0.3) is 0 Å². The third-order valence-electron chi connectivity index (χ3n) is 11.4. The normalized spacial score (nSPS) is 12.6. The van der Waals surface area contributed by atoms with Crippen molar-refractivity contribution in [3.8, 4) is 44.5 Å². The zero-order chi connectivity index (χ0) is 36.8.